The van der Waals surface area contributed by atoms with Crippen LogP contribution < -0.4 is 0 Å². The number of rotatable bonds is 6. The second kappa shape index (κ2) is 5.53. The van der Waals surface area contributed by atoms with Crippen LogP contribution in [-0.4, -0.2) is 19.2 Å². The second-order valence-corrected chi connectivity index (χ2v) is 5.04. The lowest BCUT2D eigenvalue weighted by atomic mass is 10.1. The van der Waals surface area contributed by atoms with Gasteiger partial charge in [0.1, 0.15) is 0 Å². The molecule has 98 valence electrons. The Morgan fingerprint density at radius 1 is 1.39 bits per heavy atom. The number of carbonyl (C=O) groups excluding carboxylic acids is 1. The highest BCUT2D eigenvalue weighted by molar-refractivity contribution is 5.80. The number of ether oxygens (including phenoxy) is 2. The number of esters is 1. The van der Waals surface area contributed by atoms with E-state index in [0.717, 1.165) is 12.0 Å². The van der Waals surface area contributed by atoms with E-state index in [1.807, 2.05) is 44.2 Å². The van der Waals surface area contributed by atoms with Crippen molar-refractivity contribution < 1.29 is 14.3 Å². The van der Waals surface area contributed by atoms with Crippen molar-refractivity contribution in [2.24, 2.45) is 11.3 Å². The van der Waals surface area contributed by atoms with Gasteiger partial charge in [0.15, 0.2) is 0 Å². The summed E-state index contributed by atoms with van der Waals surface area (Å²) in [4.78, 5) is 11.7. The summed E-state index contributed by atoms with van der Waals surface area (Å²) in [5.74, 6) is 0.221. The molecule has 0 heterocycles. The quantitative estimate of drug-likeness (QED) is 0.726. The van der Waals surface area contributed by atoms with Gasteiger partial charge in [-0.2, -0.15) is 0 Å². The van der Waals surface area contributed by atoms with Gasteiger partial charge in [0.2, 0.25) is 0 Å². The van der Waals surface area contributed by atoms with Gasteiger partial charge in [0, 0.05) is 0 Å². The van der Waals surface area contributed by atoms with Gasteiger partial charge in [-0.05, 0) is 31.7 Å². The molecule has 1 fully saturated rings. The van der Waals surface area contributed by atoms with Crippen molar-refractivity contribution in [2.75, 3.05) is 13.2 Å². The lowest BCUT2D eigenvalue weighted by Crippen LogP contribution is -2.19. The standard InChI is InChI=1S/C15H20O3/c1-3-18-14(16)15(2)9-13(15)11-17-10-12-7-5-4-6-8-12/h4-8,13H,3,9-11H2,1-2H3/t13-,15-/m0/s1. The Morgan fingerprint density at radius 2 is 2.11 bits per heavy atom. The molecule has 0 saturated heterocycles. The minimum atomic E-state index is -0.313. The number of hydrogen-bond acceptors (Lipinski definition) is 3. The van der Waals surface area contributed by atoms with E-state index < -0.39 is 0 Å². The minimum absolute atomic E-state index is 0.0849. The molecule has 0 amide bonds. The third-order valence-corrected chi connectivity index (χ3v) is 3.58. The highest BCUT2D eigenvalue weighted by Crippen LogP contribution is 2.53. The van der Waals surface area contributed by atoms with Crippen LogP contribution in [0.1, 0.15) is 25.8 Å². The molecule has 1 aromatic carbocycles. The Kier molecular flexibility index (Phi) is 4.02. The summed E-state index contributed by atoms with van der Waals surface area (Å²) >= 11 is 0. The first-order valence-electron chi connectivity index (χ1n) is 6.45. The monoisotopic (exact) mass is 248 g/mol. The fourth-order valence-corrected chi connectivity index (χ4v) is 2.14. The fraction of sp³-hybridized carbons (Fsp3) is 0.533. The summed E-state index contributed by atoms with van der Waals surface area (Å²) in [7, 11) is 0. The summed E-state index contributed by atoms with van der Waals surface area (Å²) < 4.78 is 10.7. The van der Waals surface area contributed by atoms with E-state index in [1.165, 1.54) is 0 Å². The van der Waals surface area contributed by atoms with Crippen molar-refractivity contribution in [3.63, 3.8) is 0 Å². The molecule has 0 spiro atoms. The number of carbonyl (C=O) groups is 1. The third kappa shape index (κ3) is 2.91. The first-order chi connectivity index (χ1) is 8.66. The molecule has 0 radical (unpaired) electrons. The molecule has 0 aromatic heterocycles. The van der Waals surface area contributed by atoms with Crippen LogP contribution in [0.5, 0.6) is 0 Å². The van der Waals surface area contributed by atoms with Gasteiger partial charge in [-0.25, -0.2) is 0 Å². The van der Waals surface area contributed by atoms with Crippen molar-refractivity contribution in [3.8, 4) is 0 Å². The van der Waals surface area contributed by atoms with Gasteiger partial charge in [-0.15, -0.1) is 0 Å². The number of benzene rings is 1. The zero-order valence-electron chi connectivity index (χ0n) is 11.0. The van der Waals surface area contributed by atoms with E-state index in [9.17, 15) is 4.79 Å². The van der Waals surface area contributed by atoms with Crippen molar-refractivity contribution in [2.45, 2.75) is 26.9 Å². The van der Waals surface area contributed by atoms with Gasteiger partial charge in [0.05, 0.1) is 25.2 Å². The highest BCUT2D eigenvalue weighted by atomic mass is 16.5. The minimum Gasteiger partial charge on any atom is -0.466 e. The van der Waals surface area contributed by atoms with Gasteiger partial charge in [0.25, 0.3) is 0 Å². The zero-order valence-corrected chi connectivity index (χ0v) is 11.0. The van der Waals surface area contributed by atoms with E-state index in [0.29, 0.717) is 25.7 Å². The molecule has 3 heteroatoms. The molecule has 1 aromatic rings. The summed E-state index contributed by atoms with van der Waals surface area (Å²) in [6, 6.07) is 10.1. The summed E-state index contributed by atoms with van der Waals surface area (Å²) in [6.07, 6.45) is 0.876. The van der Waals surface area contributed by atoms with E-state index in [-0.39, 0.29) is 11.4 Å². The lowest BCUT2D eigenvalue weighted by Gasteiger charge is -2.10. The molecular formula is C15H20O3. The molecular weight excluding hydrogens is 228 g/mol. The Hall–Kier alpha value is -1.35. The average Bonchev–Trinajstić information content (AvgIpc) is 3.04. The molecule has 1 aliphatic rings. The van der Waals surface area contributed by atoms with Crippen LogP contribution in [0, 0.1) is 11.3 Å². The second-order valence-electron chi connectivity index (χ2n) is 5.04. The van der Waals surface area contributed by atoms with Crippen molar-refractivity contribution in [1.82, 2.24) is 0 Å². The predicted molar refractivity (Wildman–Crippen MR) is 68.9 cm³/mol. The lowest BCUT2D eigenvalue weighted by molar-refractivity contribution is -0.149. The van der Waals surface area contributed by atoms with Crippen LogP contribution in [0.25, 0.3) is 0 Å². The topological polar surface area (TPSA) is 35.5 Å². The Morgan fingerprint density at radius 3 is 2.78 bits per heavy atom. The van der Waals surface area contributed by atoms with Crippen LogP contribution in [-0.2, 0) is 20.9 Å². The highest BCUT2D eigenvalue weighted by Gasteiger charge is 2.57. The van der Waals surface area contributed by atoms with Gasteiger partial charge in [-0.3, -0.25) is 4.79 Å². The number of hydrogen-bond donors (Lipinski definition) is 0. The molecule has 0 aliphatic heterocycles. The molecule has 2 rings (SSSR count). The van der Waals surface area contributed by atoms with E-state index in [2.05, 4.69) is 0 Å². The maximum atomic E-state index is 11.7. The fourth-order valence-electron chi connectivity index (χ4n) is 2.14. The Bertz CT molecular complexity index is 401. The van der Waals surface area contributed by atoms with Crippen molar-refractivity contribution in [1.29, 1.82) is 0 Å². The van der Waals surface area contributed by atoms with Crippen LogP contribution in [0.3, 0.4) is 0 Å². The predicted octanol–water partition coefficient (Wildman–Crippen LogP) is 2.79. The van der Waals surface area contributed by atoms with E-state index in [4.69, 9.17) is 9.47 Å². The molecule has 1 aliphatic carbocycles. The van der Waals surface area contributed by atoms with Gasteiger partial charge >= 0.3 is 5.97 Å². The molecule has 1 saturated carbocycles. The molecule has 18 heavy (non-hydrogen) atoms. The third-order valence-electron chi connectivity index (χ3n) is 3.58. The normalized spacial score (nSPS) is 25.8. The van der Waals surface area contributed by atoms with Gasteiger partial charge in [-0.1, -0.05) is 30.3 Å². The van der Waals surface area contributed by atoms with Gasteiger partial charge < -0.3 is 9.47 Å². The molecule has 2 atom stereocenters. The average molecular weight is 248 g/mol. The summed E-state index contributed by atoms with van der Waals surface area (Å²) in [6.45, 7) is 5.48. The van der Waals surface area contributed by atoms with Crippen LogP contribution >= 0.6 is 0 Å². The molecule has 3 nitrogen and oxygen atoms in total. The van der Waals surface area contributed by atoms with Crippen LogP contribution in [0.4, 0.5) is 0 Å². The van der Waals surface area contributed by atoms with E-state index >= 15 is 0 Å². The largest absolute Gasteiger partial charge is 0.466 e. The smallest absolute Gasteiger partial charge is 0.312 e. The maximum absolute atomic E-state index is 11.7. The van der Waals surface area contributed by atoms with Crippen molar-refractivity contribution >= 4 is 5.97 Å². The zero-order chi connectivity index (χ0) is 13.0. The Balaban J connectivity index is 1.72. The maximum Gasteiger partial charge on any atom is 0.312 e. The summed E-state index contributed by atoms with van der Waals surface area (Å²) in [5, 5.41) is 0. The summed E-state index contributed by atoms with van der Waals surface area (Å²) in [5.41, 5.74) is 0.850. The Labute approximate surface area is 108 Å². The van der Waals surface area contributed by atoms with E-state index in [1.54, 1.807) is 0 Å². The first kappa shape index (κ1) is 13.1. The van der Waals surface area contributed by atoms with Crippen LogP contribution in [0.15, 0.2) is 30.3 Å². The SMILES string of the molecule is CCOC(=O)[C@@]1(C)C[C@H]1COCc1ccccc1. The van der Waals surface area contributed by atoms with Crippen molar-refractivity contribution in [3.05, 3.63) is 35.9 Å². The van der Waals surface area contributed by atoms with Crippen LogP contribution in [0.2, 0.25) is 0 Å². The molecule has 0 bridgehead atoms. The molecule has 0 N–H and O–H groups in total. The molecule has 0 unspecified atom stereocenters. The first-order valence-corrected chi connectivity index (χ1v) is 6.45.